The fourth-order valence-electron chi connectivity index (χ4n) is 1.76. The van der Waals surface area contributed by atoms with Crippen molar-refractivity contribution in [2.45, 2.75) is 6.92 Å². The van der Waals surface area contributed by atoms with Crippen LogP contribution in [-0.2, 0) is 14.3 Å². The molecule has 0 bridgehead atoms. The van der Waals surface area contributed by atoms with Gasteiger partial charge in [0.15, 0.2) is 0 Å². The highest BCUT2D eigenvalue weighted by atomic mass is 16.5. The quantitative estimate of drug-likeness (QED) is 0.635. The predicted molar refractivity (Wildman–Crippen MR) is 68.2 cm³/mol. The Morgan fingerprint density at radius 2 is 2.17 bits per heavy atom. The Hall–Kier alpha value is -2.30. The second-order valence-electron chi connectivity index (χ2n) is 3.82. The maximum atomic E-state index is 12.0. The molecule has 1 aliphatic heterocycles. The molecule has 1 aromatic carbocycles. The van der Waals surface area contributed by atoms with Gasteiger partial charge in [0.05, 0.1) is 24.1 Å². The largest absolute Gasteiger partial charge is 0.463 e. The van der Waals surface area contributed by atoms with Crippen molar-refractivity contribution in [3.63, 3.8) is 0 Å². The number of fused-ring (bicyclic) bond motifs is 1. The third-order valence-electron chi connectivity index (χ3n) is 2.62. The molecular formula is C13H14N2O3. The number of hydrogen-bond donors (Lipinski definition) is 1. The van der Waals surface area contributed by atoms with Crippen molar-refractivity contribution in [3.8, 4) is 0 Å². The zero-order valence-electron chi connectivity index (χ0n) is 10.3. The second-order valence-corrected chi connectivity index (χ2v) is 3.82. The first kappa shape index (κ1) is 12.2. The van der Waals surface area contributed by atoms with E-state index in [0.717, 1.165) is 11.4 Å². The van der Waals surface area contributed by atoms with Crippen molar-refractivity contribution in [2.75, 3.05) is 23.9 Å². The number of anilines is 2. The number of carbonyl (C=O) groups is 2. The monoisotopic (exact) mass is 246 g/mol. The zero-order valence-corrected chi connectivity index (χ0v) is 10.3. The zero-order chi connectivity index (χ0) is 13.1. The number of rotatable bonds is 2. The minimum atomic E-state index is -0.527. The lowest BCUT2D eigenvalue weighted by Gasteiger charge is -2.28. The highest BCUT2D eigenvalue weighted by Crippen LogP contribution is 2.31. The average Bonchev–Trinajstić information content (AvgIpc) is 2.36. The number of nitrogens with zero attached hydrogens (tertiary/aromatic N) is 1. The summed E-state index contributed by atoms with van der Waals surface area (Å²) in [5, 5.41) is 2.94. The number of esters is 1. The topological polar surface area (TPSA) is 58.6 Å². The van der Waals surface area contributed by atoms with E-state index in [0.29, 0.717) is 0 Å². The fraction of sp³-hybridized carbons (Fsp3) is 0.231. The van der Waals surface area contributed by atoms with Crippen molar-refractivity contribution in [1.29, 1.82) is 0 Å². The Kier molecular flexibility index (Phi) is 3.32. The predicted octanol–water partition coefficient (Wildman–Crippen LogP) is 1.52. The smallest absolute Gasteiger partial charge is 0.333 e. The van der Waals surface area contributed by atoms with Gasteiger partial charge in [0.25, 0.3) is 5.91 Å². The molecule has 0 atom stereocenters. The van der Waals surface area contributed by atoms with Crippen molar-refractivity contribution in [2.24, 2.45) is 0 Å². The SMILES string of the molecule is CCOC(=O)C=C1Nc2ccccc2N(C)C1=O. The molecule has 2 rings (SSSR count). The summed E-state index contributed by atoms with van der Waals surface area (Å²) in [6, 6.07) is 7.39. The molecule has 0 fully saturated rings. The summed E-state index contributed by atoms with van der Waals surface area (Å²) < 4.78 is 4.79. The molecule has 0 aliphatic carbocycles. The van der Waals surface area contributed by atoms with Gasteiger partial charge in [-0.15, -0.1) is 0 Å². The molecule has 1 heterocycles. The molecule has 0 radical (unpaired) electrons. The van der Waals surface area contributed by atoms with E-state index in [9.17, 15) is 9.59 Å². The highest BCUT2D eigenvalue weighted by molar-refractivity contribution is 6.14. The summed E-state index contributed by atoms with van der Waals surface area (Å²) in [5.74, 6) is -0.789. The molecule has 18 heavy (non-hydrogen) atoms. The van der Waals surface area contributed by atoms with Gasteiger partial charge >= 0.3 is 5.97 Å². The number of carbonyl (C=O) groups excluding carboxylic acids is 2. The van der Waals surface area contributed by atoms with Gasteiger partial charge in [-0.05, 0) is 19.1 Å². The molecule has 5 nitrogen and oxygen atoms in total. The van der Waals surface area contributed by atoms with E-state index in [4.69, 9.17) is 4.74 Å². The van der Waals surface area contributed by atoms with E-state index in [1.165, 1.54) is 11.0 Å². The Morgan fingerprint density at radius 1 is 1.44 bits per heavy atom. The van der Waals surface area contributed by atoms with Gasteiger partial charge in [-0.25, -0.2) is 4.79 Å². The number of likely N-dealkylation sites (N-methyl/N-ethyl adjacent to an activating group) is 1. The van der Waals surface area contributed by atoms with E-state index < -0.39 is 5.97 Å². The summed E-state index contributed by atoms with van der Waals surface area (Å²) in [6.45, 7) is 2.00. The van der Waals surface area contributed by atoms with Gasteiger partial charge in [0.2, 0.25) is 0 Å². The van der Waals surface area contributed by atoms with Crippen LogP contribution in [0.4, 0.5) is 11.4 Å². The molecule has 0 spiro atoms. The molecule has 1 aromatic rings. The summed E-state index contributed by atoms with van der Waals surface area (Å²) in [4.78, 5) is 24.9. The normalized spacial score (nSPS) is 16.2. The van der Waals surface area contributed by atoms with Gasteiger partial charge in [-0.1, -0.05) is 12.1 Å². The molecule has 0 saturated heterocycles. The number of para-hydroxylation sites is 2. The van der Waals surface area contributed by atoms with Crippen LogP contribution in [-0.4, -0.2) is 25.5 Å². The summed E-state index contributed by atoms with van der Waals surface area (Å²) in [7, 11) is 1.67. The molecule has 1 N–H and O–H groups in total. The molecule has 1 amide bonds. The van der Waals surface area contributed by atoms with Gasteiger partial charge in [-0.3, -0.25) is 4.79 Å². The van der Waals surface area contributed by atoms with Crippen molar-refractivity contribution < 1.29 is 14.3 Å². The lowest BCUT2D eigenvalue weighted by molar-refractivity contribution is -0.137. The number of benzene rings is 1. The van der Waals surface area contributed by atoms with Crippen LogP contribution < -0.4 is 10.2 Å². The standard InChI is InChI=1S/C13H14N2O3/c1-3-18-12(16)8-10-13(17)15(2)11-7-5-4-6-9(11)14-10/h4-8,14H,3H2,1-2H3. The molecule has 5 heteroatoms. The van der Waals surface area contributed by atoms with Crippen LogP contribution in [0.25, 0.3) is 0 Å². The average molecular weight is 246 g/mol. The third kappa shape index (κ3) is 2.20. The summed E-state index contributed by atoms with van der Waals surface area (Å²) >= 11 is 0. The van der Waals surface area contributed by atoms with Crippen LogP contribution in [0.1, 0.15) is 6.92 Å². The highest BCUT2D eigenvalue weighted by Gasteiger charge is 2.25. The van der Waals surface area contributed by atoms with Crippen molar-refractivity contribution in [1.82, 2.24) is 0 Å². The van der Waals surface area contributed by atoms with Crippen LogP contribution in [0.2, 0.25) is 0 Å². The molecule has 94 valence electrons. The summed E-state index contributed by atoms with van der Waals surface area (Å²) in [5.41, 5.74) is 1.79. The first-order valence-electron chi connectivity index (χ1n) is 5.66. The Labute approximate surface area is 105 Å². The van der Waals surface area contributed by atoms with E-state index in [-0.39, 0.29) is 18.2 Å². The van der Waals surface area contributed by atoms with Gasteiger partial charge in [0, 0.05) is 7.05 Å². The molecule has 0 unspecified atom stereocenters. The van der Waals surface area contributed by atoms with Gasteiger partial charge in [0.1, 0.15) is 5.70 Å². The number of amides is 1. The summed E-state index contributed by atoms with van der Waals surface area (Å²) in [6.07, 6.45) is 1.18. The lowest BCUT2D eigenvalue weighted by atomic mass is 10.1. The number of nitrogens with one attached hydrogen (secondary N) is 1. The van der Waals surface area contributed by atoms with E-state index in [1.807, 2.05) is 24.3 Å². The first-order valence-corrected chi connectivity index (χ1v) is 5.66. The minimum Gasteiger partial charge on any atom is -0.463 e. The maximum absolute atomic E-state index is 12.0. The molecule has 0 saturated carbocycles. The van der Waals surface area contributed by atoms with Crippen LogP contribution in [0, 0.1) is 0 Å². The second kappa shape index (κ2) is 4.91. The van der Waals surface area contributed by atoms with E-state index in [1.54, 1.807) is 14.0 Å². The Balaban J connectivity index is 2.32. The van der Waals surface area contributed by atoms with E-state index >= 15 is 0 Å². The van der Waals surface area contributed by atoms with Crippen LogP contribution in [0.3, 0.4) is 0 Å². The third-order valence-corrected chi connectivity index (χ3v) is 2.62. The van der Waals surface area contributed by atoms with Crippen LogP contribution >= 0.6 is 0 Å². The lowest BCUT2D eigenvalue weighted by Crippen LogP contribution is -2.35. The minimum absolute atomic E-state index is 0.217. The first-order chi connectivity index (χ1) is 8.63. The van der Waals surface area contributed by atoms with E-state index in [2.05, 4.69) is 5.32 Å². The number of ether oxygens (including phenoxy) is 1. The molecular weight excluding hydrogens is 232 g/mol. The molecule has 0 aromatic heterocycles. The van der Waals surface area contributed by atoms with Crippen molar-refractivity contribution >= 4 is 23.3 Å². The van der Waals surface area contributed by atoms with Gasteiger partial charge < -0.3 is 15.0 Å². The van der Waals surface area contributed by atoms with Gasteiger partial charge in [-0.2, -0.15) is 0 Å². The Morgan fingerprint density at radius 3 is 2.89 bits per heavy atom. The van der Waals surface area contributed by atoms with Crippen molar-refractivity contribution in [3.05, 3.63) is 36.0 Å². The number of hydrogen-bond acceptors (Lipinski definition) is 4. The van der Waals surface area contributed by atoms with Crippen LogP contribution in [0.5, 0.6) is 0 Å². The van der Waals surface area contributed by atoms with Crippen LogP contribution in [0.15, 0.2) is 36.0 Å². The maximum Gasteiger partial charge on any atom is 0.333 e. The molecule has 1 aliphatic rings. The Bertz CT molecular complexity index is 523. The fourth-order valence-corrected chi connectivity index (χ4v) is 1.76.